The van der Waals surface area contributed by atoms with Crippen molar-refractivity contribution in [3.05, 3.63) is 60.2 Å². The third kappa shape index (κ3) is 2.41. The maximum absolute atomic E-state index is 6.84. The molecular weight excluding hydrogens is 372 g/mol. The van der Waals surface area contributed by atoms with E-state index in [1.807, 2.05) is 49.7 Å². The van der Waals surface area contributed by atoms with E-state index < -0.39 is 5.72 Å². The topological polar surface area (TPSA) is 40.4 Å². The molecule has 2 aliphatic rings. The van der Waals surface area contributed by atoms with Crippen LogP contribution in [0.3, 0.4) is 0 Å². The Morgan fingerprint density at radius 2 is 1.73 bits per heavy atom. The SMILES string of the molecule is CN(C)C=Nc1cc2c(c3ccccc13)N=CC1(O2)N(C)c2ccccc2C1(C)C. The molecule has 0 aliphatic carbocycles. The predicted octanol–water partition coefficient (Wildman–Crippen LogP) is 5.28. The third-order valence-electron chi connectivity index (χ3n) is 6.35. The van der Waals surface area contributed by atoms with Crippen LogP contribution in [0.1, 0.15) is 19.4 Å². The molecule has 0 saturated carbocycles. The summed E-state index contributed by atoms with van der Waals surface area (Å²) in [6.07, 6.45) is 3.79. The fourth-order valence-corrected chi connectivity index (χ4v) is 4.69. The van der Waals surface area contributed by atoms with Gasteiger partial charge in [0.15, 0.2) is 5.75 Å². The number of likely N-dealkylation sites (N-methyl/N-ethyl adjacent to an activating group) is 1. The number of nitrogens with zero attached hydrogens (tertiary/aromatic N) is 4. The highest BCUT2D eigenvalue weighted by molar-refractivity contribution is 6.05. The van der Waals surface area contributed by atoms with Gasteiger partial charge < -0.3 is 14.5 Å². The van der Waals surface area contributed by atoms with Crippen LogP contribution in [-0.4, -0.2) is 44.3 Å². The molecule has 0 aromatic heterocycles. The maximum atomic E-state index is 6.84. The highest BCUT2D eigenvalue weighted by atomic mass is 16.5. The summed E-state index contributed by atoms with van der Waals surface area (Å²) in [5.41, 5.74) is 3.19. The average molecular weight is 399 g/mol. The first kappa shape index (κ1) is 18.7. The van der Waals surface area contributed by atoms with E-state index in [9.17, 15) is 0 Å². The highest BCUT2D eigenvalue weighted by Crippen LogP contribution is 2.54. The van der Waals surface area contributed by atoms with Gasteiger partial charge in [0.1, 0.15) is 5.69 Å². The number of anilines is 1. The van der Waals surface area contributed by atoms with Crippen molar-refractivity contribution in [2.24, 2.45) is 9.98 Å². The summed E-state index contributed by atoms with van der Waals surface area (Å²) in [6, 6.07) is 18.7. The van der Waals surface area contributed by atoms with E-state index in [0.29, 0.717) is 0 Å². The van der Waals surface area contributed by atoms with Gasteiger partial charge in [0.05, 0.1) is 23.7 Å². The minimum Gasteiger partial charge on any atom is -0.459 e. The van der Waals surface area contributed by atoms with E-state index in [1.165, 1.54) is 11.3 Å². The van der Waals surface area contributed by atoms with E-state index >= 15 is 0 Å². The van der Waals surface area contributed by atoms with Gasteiger partial charge >= 0.3 is 0 Å². The van der Waals surface area contributed by atoms with Crippen molar-refractivity contribution in [2.45, 2.75) is 25.0 Å². The van der Waals surface area contributed by atoms with Crippen LogP contribution in [0.2, 0.25) is 0 Å². The van der Waals surface area contributed by atoms with Crippen LogP contribution >= 0.6 is 0 Å². The first-order valence-corrected chi connectivity index (χ1v) is 10.2. The van der Waals surface area contributed by atoms with Gasteiger partial charge in [-0.1, -0.05) is 42.5 Å². The van der Waals surface area contributed by atoms with Crippen LogP contribution in [0, 0.1) is 0 Å². The lowest BCUT2D eigenvalue weighted by Gasteiger charge is -2.45. The predicted molar refractivity (Wildman–Crippen MR) is 125 cm³/mol. The fourth-order valence-electron chi connectivity index (χ4n) is 4.69. The Morgan fingerprint density at radius 1 is 1.03 bits per heavy atom. The van der Waals surface area contributed by atoms with E-state index in [4.69, 9.17) is 14.7 Å². The van der Waals surface area contributed by atoms with Crippen molar-refractivity contribution in [3.63, 3.8) is 0 Å². The molecule has 2 aliphatic heterocycles. The Kier molecular flexibility index (Phi) is 3.94. The standard InChI is InChI=1S/C25H26N4O/c1-24(2)19-12-8-9-13-21(19)29(5)25(24)15-26-23-18-11-7-6-10-17(18)20(14-22(23)30-25)27-16-28(3)4/h6-16H,1-5H3. The van der Waals surface area contributed by atoms with Crippen molar-refractivity contribution in [1.82, 2.24) is 4.90 Å². The van der Waals surface area contributed by atoms with Crippen LogP contribution in [0.25, 0.3) is 10.8 Å². The molecule has 3 aromatic carbocycles. The summed E-state index contributed by atoms with van der Waals surface area (Å²) in [5.74, 6) is 0.759. The third-order valence-corrected chi connectivity index (χ3v) is 6.35. The van der Waals surface area contributed by atoms with E-state index in [0.717, 1.165) is 27.9 Å². The second kappa shape index (κ2) is 6.33. The van der Waals surface area contributed by atoms with Gasteiger partial charge in [0.25, 0.3) is 0 Å². The minimum atomic E-state index is -0.700. The van der Waals surface area contributed by atoms with Gasteiger partial charge in [-0.2, -0.15) is 0 Å². The van der Waals surface area contributed by atoms with E-state index in [-0.39, 0.29) is 5.41 Å². The van der Waals surface area contributed by atoms with Crippen molar-refractivity contribution in [1.29, 1.82) is 0 Å². The van der Waals surface area contributed by atoms with Gasteiger partial charge in [0, 0.05) is 43.7 Å². The Labute approximate surface area is 177 Å². The second-order valence-electron chi connectivity index (χ2n) is 8.75. The van der Waals surface area contributed by atoms with Gasteiger partial charge in [-0.15, -0.1) is 0 Å². The zero-order valence-corrected chi connectivity index (χ0v) is 18.0. The number of ether oxygens (including phenoxy) is 1. The summed E-state index contributed by atoms with van der Waals surface area (Å²) in [4.78, 5) is 13.8. The molecule has 30 heavy (non-hydrogen) atoms. The molecule has 0 saturated heterocycles. The molecule has 0 fully saturated rings. The Hall–Kier alpha value is -3.34. The normalized spacial score (nSPS) is 21.2. The number of para-hydroxylation sites is 1. The average Bonchev–Trinajstić information content (AvgIpc) is 2.90. The van der Waals surface area contributed by atoms with Crippen LogP contribution in [0.15, 0.2) is 64.6 Å². The monoisotopic (exact) mass is 398 g/mol. The van der Waals surface area contributed by atoms with Gasteiger partial charge in [-0.25, -0.2) is 4.99 Å². The molecular formula is C25H26N4O. The number of rotatable bonds is 2. The molecule has 0 radical (unpaired) electrons. The molecule has 0 N–H and O–H groups in total. The van der Waals surface area contributed by atoms with Gasteiger partial charge in [-0.3, -0.25) is 4.99 Å². The Balaban J connectivity index is 1.71. The number of benzene rings is 3. The largest absolute Gasteiger partial charge is 0.459 e. The molecule has 1 atom stereocenters. The molecule has 2 heterocycles. The first-order chi connectivity index (χ1) is 14.3. The van der Waals surface area contributed by atoms with Crippen molar-refractivity contribution in [3.8, 4) is 5.75 Å². The molecule has 0 bridgehead atoms. The quantitative estimate of drug-likeness (QED) is 0.436. The lowest BCUT2D eigenvalue weighted by atomic mass is 9.77. The molecule has 3 aromatic rings. The van der Waals surface area contributed by atoms with Crippen molar-refractivity contribution in [2.75, 3.05) is 26.0 Å². The van der Waals surface area contributed by atoms with E-state index in [2.05, 4.69) is 62.2 Å². The van der Waals surface area contributed by atoms with Crippen molar-refractivity contribution < 1.29 is 4.74 Å². The first-order valence-electron chi connectivity index (χ1n) is 10.2. The summed E-state index contributed by atoms with van der Waals surface area (Å²) < 4.78 is 6.84. The zero-order chi connectivity index (χ0) is 21.1. The number of hydrogen-bond acceptors (Lipinski definition) is 4. The Bertz CT molecular complexity index is 1210. The lowest BCUT2D eigenvalue weighted by Crippen LogP contribution is -2.61. The zero-order valence-electron chi connectivity index (χ0n) is 18.0. The summed E-state index contributed by atoms with van der Waals surface area (Å²) in [6.45, 7) is 4.44. The summed E-state index contributed by atoms with van der Waals surface area (Å²) >= 11 is 0. The second-order valence-corrected chi connectivity index (χ2v) is 8.75. The highest BCUT2D eigenvalue weighted by Gasteiger charge is 2.58. The number of aliphatic imine (C=N–C) groups is 2. The molecule has 0 amide bonds. The van der Waals surface area contributed by atoms with Crippen LogP contribution in [0.5, 0.6) is 5.75 Å². The van der Waals surface area contributed by atoms with Crippen LogP contribution in [0.4, 0.5) is 17.1 Å². The molecule has 152 valence electrons. The van der Waals surface area contributed by atoms with Gasteiger partial charge in [0.2, 0.25) is 5.72 Å². The Morgan fingerprint density at radius 3 is 2.47 bits per heavy atom. The minimum absolute atomic E-state index is 0.280. The van der Waals surface area contributed by atoms with Crippen LogP contribution < -0.4 is 9.64 Å². The maximum Gasteiger partial charge on any atom is 0.228 e. The summed E-state index contributed by atoms with van der Waals surface area (Å²) in [5, 5.41) is 2.11. The molecule has 1 spiro atoms. The molecule has 1 unspecified atom stereocenters. The summed E-state index contributed by atoms with van der Waals surface area (Å²) in [7, 11) is 6.01. The van der Waals surface area contributed by atoms with Crippen LogP contribution in [-0.2, 0) is 5.41 Å². The lowest BCUT2D eigenvalue weighted by molar-refractivity contribution is 0.0827. The smallest absolute Gasteiger partial charge is 0.228 e. The van der Waals surface area contributed by atoms with Crippen molar-refractivity contribution >= 4 is 40.4 Å². The fraction of sp³-hybridized carbons (Fsp3) is 0.280. The van der Waals surface area contributed by atoms with E-state index in [1.54, 1.807) is 0 Å². The van der Waals surface area contributed by atoms with Gasteiger partial charge in [-0.05, 0) is 25.5 Å². The number of hydrogen-bond donors (Lipinski definition) is 0. The molecule has 5 heteroatoms. The molecule has 5 nitrogen and oxygen atoms in total. The number of fused-ring (bicyclic) bond motifs is 4. The molecule has 5 rings (SSSR count).